The summed E-state index contributed by atoms with van der Waals surface area (Å²) in [5, 5.41) is 27.9. The zero-order chi connectivity index (χ0) is 24.6. The first-order valence-corrected chi connectivity index (χ1v) is 10.4. The monoisotopic (exact) mass is 528 g/mol. The average Bonchev–Trinajstić information content (AvgIpc) is 2.76. The second kappa shape index (κ2) is 9.49. The fourth-order valence-electron chi connectivity index (χ4n) is 3.22. The van der Waals surface area contributed by atoms with Crippen molar-refractivity contribution in [1.29, 1.82) is 0 Å². The number of carboxylic acid groups (broad SMARTS) is 2. The van der Waals surface area contributed by atoms with Crippen molar-refractivity contribution in [2.45, 2.75) is 6.92 Å². The van der Waals surface area contributed by atoms with Gasteiger partial charge in [0.05, 0.1) is 16.1 Å². The first-order chi connectivity index (χ1) is 15.5. The summed E-state index contributed by atoms with van der Waals surface area (Å²) in [7, 11) is 0. The lowest BCUT2D eigenvalue weighted by Crippen LogP contribution is -2.09. The lowest BCUT2D eigenvalue weighted by molar-refractivity contribution is 0.0696. The minimum atomic E-state index is -1.43. The zero-order valence-corrected chi connectivity index (χ0v) is 19.5. The highest BCUT2D eigenvalue weighted by Crippen LogP contribution is 2.46. The van der Waals surface area contributed by atoms with Crippen molar-refractivity contribution in [3.8, 4) is 22.5 Å². The molecule has 1 aliphatic heterocycles. The van der Waals surface area contributed by atoms with Crippen LogP contribution < -0.4 is 5.43 Å². The highest BCUT2D eigenvalue weighted by Gasteiger charge is 2.29. The molecule has 1 aliphatic carbocycles. The van der Waals surface area contributed by atoms with Crippen LogP contribution in [0.1, 0.15) is 39.0 Å². The minimum absolute atomic E-state index is 0.0342. The van der Waals surface area contributed by atoms with Gasteiger partial charge in [-0.15, -0.1) is 0 Å². The van der Waals surface area contributed by atoms with E-state index < -0.39 is 22.4 Å². The van der Waals surface area contributed by atoms with Crippen molar-refractivity contribution in [3.63, 3.8) is 0 Å². The molecule has 0 fully saturated rings. The van der Waals surface area contributed by atoms with Gasteiger partial charge in [0.15, 0.2) is 11.5 Å². The second-order valence-corrected chi connectivity index (χ2v) is 8.47. The highest BCUT2D eigenvalue weighted by molar-refractivity contribution is 6.48. The summed E-state index contributed by atoms with van der Waals surface area (Å²) in [6.45, 7) is 1.53. The van der Waals surface area contributed by atoms with Gasteiger partial charge in [0.1, 0.15) is 16.3 Å². The molecule has 2 aliphatic rings. The van der Waals surface area contributed by atoms with Crippen LogP contribution in [0.3, 0.4) is 0 Å². The molecule has 3 N–H and O–H groups in total. The summed E-state index contributed by atoms with van der Waals surface area (Å²) in [5.41, 5.74) is -0.966. The highest BCUT2D eigenvalue weighted by atomic mass is 35.5. The predicted octanol–water partition coefficient (Wildman–Crippen LogP) is 6.81. The molecule has 0 atom stereocenters. The molecule has 33 heavy (non-hydrogen) atoms. The molecular weight excluding hydrogens is 518 g/mol. The zero-order valence-electron chi connectivity index (χ0n) is 16.5. The average molecular weight is 530 g/mol. The van der Waals surface area contributed by atoms with Crippen LogP contribution in [0.25, 0.3) is 33.6 Å². The minimum Gasteiger partial charge on any atom is -0.514 e. The molecule has 0 saturated carbocycles. The van der Waals surface area contributed by atoms with Gasteiger partial charge in [-0.2, -0.15) is 0 Å². The van der Waals surface area contributed by atoms with Crippen molar-refractivity contribution in [2.24, 2.45) is 0 Å². The van der Waals surface area contributed by atoms with E-state index in [4.69, 9.17) is 50.8 Å². The standard InChI is InChI=1S/C22H12Cl4O7/c1-8(23)4-12-16(10-3-2-9(21(29)30)5-11(10)22(31)32)13-6-14(24)18(28)17(26)20(13)33-19(12)15(25)7-27/h2-7,27H,1H3,(H,29,30)(H,31,32)/b8-4+,15-7?. The van der Waals surface area contributed by atoms with Crippen molar-refractivity contribution < 1.29 is 29.3 Å². The molecular formula is C22H12Cl4O7. The van der Waals surface area contributed by atoms with Crippen LogP contribution >= 0.6 is 46.4 Å². The fourth-order valence-corrected chi connectivity index (χ4v) is 3.96. The third kappa shape index (κ3) is 4.58. The Labute approximate surface area is 206 Å². The molecule has 0 amide bonds. The van der Waals surface area contributed by atoms with E-state index in [1.807, 2.05) is 0 Å². The number of hydrogen-bond donors (Lipinski definition) is 3. The van der Waals surface area contributed by atoms with Crippen LogP contribution in [-0.2, 0) is 0 Å². The molecule has 0 aromatic heterocycles. The fraction of sp³-hybridized carbons (Fsp3) is 0.0455. The second-order valence-electron chi connectivity index (χ2n) is 6.68. The summed E-state index contributed by atoms with van der Waals surface area (Å²) >= 11 is 24.5. The van der Waals surface area contributed by atoms with Gasteiger partial charge in [0.2, 0.25) is 5.43 Å². The number of rotatable bonds is 5. The Morgan fingerprint density at radius 3 is 2.24 bits per heavy atom. The Morgan fingerprint density at radius 1 is 1.03 bits per heavy atom. The summed E-state index contributed by atoms with van der Waals surface area (Å²) in [5.74, 6) is -3.12. The van der Waals surface area contributed by atoms with Gasteiger partial charge >= 0.3 is 11.9 Å². The van der Waals surface area contributed by atoms with Crippen LogP contribution in [0.4, 0.5) is 0 Å². The van der Waals surface area contributed by atoms with Gasteiger partial charge in [-0.25, -0.2) is 9.59 Å². The van der Waals surface area contributed by atoms with E-state index in [9.17, 15) is 29.7 Å². The first kappa shape index (κ1) is 24.7. The van der Waals surface area contributed by atoms with Crippen molar-refractivity contribution in [3.05, 3.63) is 78.3 Å². The molecule has 1 aromatic rings. The first-order valence-electron chi connectivity index (χ1n) is 8.91. The summed E-state index contributed by atoms with van der Waals surface area (Å²) in [6, 6.07) is 4.69. The Hall–Kier alpha value is -2.97. The Kier molecular flexibility index (Phi) is 7.09. The smallest absolute Gasteiger partial charge is 0.336 e. The van der Waals surface area contributed by atoms with Gasteiger partial charge < -0.3 is 19.7 Å². The Bertz CT molecular complexity index is 1400. The molecule has 1 heterocycles. The maximum atomic E-state index is 12.3. The number of aliphatic hydroxyl groups excluding tert-OH is 1. The Morgan fingerprint density at radius 2 is 1.70 bits per heavy atom. The van der Waals surface area contributed by atoms with Crippen molar-refractivity contribution in [1.82, 2.24) is 0 Å². The molecule has 11 heteroatoms. The van der Waals surface area contributed by atoms with Gasteiger partial charge in [0, 0.05) is 21.7 Å². The summed E-state index contributed by atoms with van der Waals surface area (Å²) in [6.07, 6.45) is 1.93. The molecule has 0 unspecified atom stereocenters. The SMILES string of the molecule is C/C(Cl)=C\c1c(C(Cl)=CO)oc2c(Cl)c(=O)c(Cl)cc-2c1-c1ccc(C(=O)O)cc1C(=O)O. The lowest BCUT2D eigenvalue weighted by Gasteiger charge is -2.20. The number of fused-ring (bicyclic) bond motifs is 1. The van der Waals surface area contributed by atoms with Gasteiger partial charge in [-0.05, 0) is 36.8 Å². The third-order valence-corrected chi connectivity index (χ3v) is 5.56. The molecule has 3 rings (SSSR count). The van der Waals surface area contributed by atoms with Gasteiger partial charge in [-0.3, -0.25) is 4.79 Å². The normalized spacial score (nSPS) is 12.3. The van der Waals surface area contributed by atoms with Gasteiger partial charge in [0.25, 0.3) is 0 Å². The largest absolute Gasteiger partial charge is 0.514 e. The van der Waals surface area contributed by atoms with E-state index in [1.165, 1.54) is 31.2 Å². The van der Waals surface area contributed by atoms with E-state index in [0.717, 1.165) is 6.07 Å². The van der Waals surface area contributed by atoms with Crippen LogP contribution in [0.2, 0.25) is 10.0 Å². The van der Waals surface area contributed by atoms with Crippen molar-refractivity contribution >= 4 is 69.5 Å². The number of carbonyl (C=O) groups is 2. The summed E-state index contributed by atoms with van der Waals surface area (Å²) < 4.78 is 5.74. The number of carboxylic acids is 2. The number of aromatic carboxylic acids is 2. The number of allylic oxidation sites excluding steroid dienone is 1. The van der Waals surface area contributed by atoms with E-state index in [-0.39, 0.29) is 60.0 Å². The molecule has 1 aromatic carbocycles. The number of halogens is 4. The molecule has 0 bridgehead atoms. The number of benzene rings is 2. The quantitative estimate of drug-likeness (QED) is 0.310. The maximum absolute atomic E-state index is 12.3. The van der Waals surface area contributed by atoms with Crippen LogP contribution in [0.5, 0.6) is 0 Å². The van der Waals surface area contributed by atoms with E-state index >= 15 is 0 Å². The third-order valence-electron chi connectivity index (χ3n) is 4.56. The molecule has 170 valence electrons. The molecule has 0 radical (unpaired) electrons. The molecule has 7 nitrogen and oxygen atoms in total. The van der Waals surface area contributed by atoms with Crippen molar-refractivity contribution in [2.75, 3.05) is 0 Å². The van der Waals surface area contributed by atoms with Crippen LogP contribution in [0, 0.1) is 0 Å². The topological polar surface area (TPSA) is 125 Å². The molecule has 0 spiro atoms. The summed E-state index contributed by atoms with van der Waals surface area (Å²) in [4.78, 5) is 35.8. The van der Waals surface area contributed by atoms with E-state index in [0.29, 0.717) is 6.26 Å². The molecule has 0 saturated heterocycles. The van der Waals surface area contributed by atoms with Crippen LogP contribution in [-0.4, -0.2) is 27.3 Å². The number of hydrogen-bond acceptors (Lipinski definition) is 5. The lowest BCUT2D eigenvalue weighted by atomic mass is 9.88. The maximum Gasteiger partial charge on any atom is 0.336 e. The Balaban J connectivity index is 2.67. The van der Waals surface area contributed by atoms with E-state index in [2.05, 4.69) is 0 Å². The number of aliphatic hydroxyl groups is 1. The predicted molar refractivity (Wildman–Crippen MR) is 127 cm³/mol. The van der Waals surface area contributed by atoms with Crippen LogP contribution in [0.15, 0.2) is 44.8 Å². The van der Waals surface area contributed by atoms with E-state index in [1.54, 1.807) is 0 Å². The van der Waals surface area contributed by atoms with Gasteiger partial charge in [-0.1, -0.05) is 52.5 Å².